The van der Waals surface area contributed by atoms with Crippen molar-refractivity contribution in [3.8, 4) is 5.69 Å². The van der Waals surface area contributed by atoms with E-state index in [1.165, 1.54) is 29.7 Å². The second-order valence-electron chi connectivity index (χ2n) is 6.71. The van der Waals surface area contributed by atoms with Crippen LogP contribution in [0.1, 0.15) is 37.9 Å². The van der Waals surface area contributed by atoms with E-state index in [1.807, 2.05) is 30.6 Å². The van der Waals surface area contributed by atoms with Gasteiger partial charge in [-0.1, -0.05) is 44.1 Å². The van der Waals surface area contributed by atoms with Crippen LogP contribution in [-0.2, 0) is 6.42 Å². The second kappa shape index (κ2) is 8.40. The smallest absolute Gasteiger partial charge is 0.181 e. The van der Waals surface area contributed by atoms with Gasteiger partial charge in [-0.3, -0.25) is 0 Å². The van der Waals surface area contributed by atoms with Crippen LogP contribution >= 0.6 is 11.3 Å². The SMILES string of the molecule is CCCC.Nc1nc2ccc(Cc3cnc4cc(-n5nccn5)ccn34)cc2s1. The summed E-state index contributed by atoms with van der Waals surface area (Å²) in [7, 11) is 0. The highest BCUT2D eigenvalue weighted by molar-refractivity contribution is 7.22. The monoisotopic (exact) mass is 405 g/mol. The van der Waals surface area contributed by atoms with E-state index in [-0.39, 0.29) is 0 Å². The Morgan fingerprint density at radius 2 is 1.83 bits per heavy atom. The lowest BCUT2D eigenvalue weighted by Gasteiger charge is -2.04. The van der Waals surface area contributed by atoms with Gasteiger partial charge < -0.3 is 10.1 Å². The fraction of sp³-hybridized carbons (Fsp3) is 0.238. The van der Waals surface area contributed by atoms with Gasteiger partial charge in [0.1, 0.15) is 5.65 Å². The Morgan fingerprint density at radius 1 is 1.03 bits per heavy atom. The van der Waals surface area contributed by atoms with Crippen LogP contribution in [0.25, 0.3) is 21.6 Å². The summed E-state index contributed by atoms with van der Waals surface area (Å²) in [5.74, 6) is 0. The highest BCUT2D eigenvalue weighted by atomic mass is 32.1. The molecule has 5 aromatic rings. The first-order valence-electron chi connectivity index (χ1n) is 9.65. The van der Waals surface area contributed by atoms with Gasteiger partial charge >= 0.3 is 0 Å². The van der Waals surface area contributed by atoms with E-state index in [9.17, 15) is 0 Å². The molecular formula is C21H23N7S. The first-order valence-corrected chi connectivity index (χ1v) is 10.5. The molecule has 0 fully saturated rings. The van der Waals surface area contributed by atoms with Crippen molar-refractivity contribution in [2.24, 2.45) is 0 Å². The molecule has 0 unspecified atom stereocenters. The molecule has 0 spiro atoms. The molecule has 0 aliphatic rings. The summed E-state index contributed by atoms with van der Waals surface area (Å²) in [5.41, 5.74) is 10.8. The van der Waals surface area contributed by atoms with Crippen molar-refractivity contribution >= 4 is 32.3 Å². The molecule has 7 nitrogen and oxygen atoms in total. The highest BCUT2D eigenvalue weighted by Crippen LogP contribution is 2.25. The van der Waals surface area contributed by atoms with Crippen LogP contribution in [0, 0.1) is 0 Å². The number of hydrogen-bond acceptors (Lipinski definition) is 6. The van der Waals surface area contributed by atoms with E-state index in [4.69, 9.17) is 5.73 Å². The molecule has 0 amide bonds. The zero-order valence-electron chi connectivity index (χ0n) is 16.5. The molecule has 1 aromatic carbocycles. The maximum absolute atomic E-state index is 5.79. The number of nitrogen functional groups attached to an aromatic ring is 1. The van der Waals surface area contributed by atoms with E-state index in [1.54, 1.807) is 17.2 Å². The lowest BCUT2D eigenvalue weighted by molar-refractivity contribution is 0.750. The van der Waals surface area contributed by atoms with Crippen LogP contribution in [0.15, 0.2) is 55.1 Å². The van der Waals surface area contributed by atoms with Gasteiger partial charge in [0.05, 0.1) is 28.3 Å². The fourth-order valence-electron chi connectivity index (χ4n) is 2.93. The average Bonchev–Trinajstić information content (AvgIpc) is 3.47. The molecule has 0 aliphatic carbocycles. The van der Waals surface area contributed by atoms with Crippen LogP contribution in [0.5, 0.6) is 0 Å². The Bertz CT molecular complexity index is 1220. The van der Waals surface area contributed by atoms with Gasteiger partial charge in [-0.05, 0) is 23.8 Å². The second-order valence-corrected chi connectivity index (χ2v) is 7.77. The van der Waals surface area contributed by atoms with Crippen LogP contribution in [-0.4, -0.2) is 29.4 Å². The normalized spacial score (nSPS) is 11.0. The quantitative estimate of drug-likeness (QED) is 0.475. The summed E-state index contributed by atoms with van der Waals surface area (Å²) in [6, 6.07) is 10.2. The Labute approximate surface area is 172 Å². The zero-order chi connectivity index (χ0) is 20.2. The van der Waals surface area contributed by atoms with Gasteiger partial charge in [-0.2, -0.15) is 15.0 Å². The van der Waals surface area contributed by atoms with E-state index >= 15 is 0 Å². The molecule has 0 saturated heterocycles. The first-order chi connectivity index (χ1) is 14.2. The Morgan fingerprint density at radius 3 is 2.59 bits per heavy atom. The summed E-state index contributed by atoms with van der Waals surface area (Å²) in [4.78, 5) is 10.4. The number of rotatable bonds is 4. The molecule has 5 rings (SSSR count). The van der Waals surface area contributed by atoms with E-state index in [0.717, 1.165) is 33.7 Å². The predicted molar refractivity (Wildman–Crippen MR) is 118 cm³/mol. The minimum atomic E-state index is 0.599. The van der Waals surface area contributed by atoms with E-state index in [2.05, 4.69) is 50.5 Å². The van der Waals surface area contributed by atoms with Crippen LogP contribution < -0.4 is 5.73 Å². The number of aromatic nitrogens is 6. The average molecular weight is 406 g/mol. The van der Waals surface area contributed by atoms with Gasteiger partial charge in [0.15, 0.2) is 5.13 Å². The largest absolute Gasteiger partial charge is 0.375 e. The Balaban J connectivity index is 0.000000472. The summed E-state index contributed by atoms with van der Waals surface area (Å²) in [5, 5.41) is 8.90. The van der Waals surface area contributed by atoms with Gasteiger partial charge in [-0.25, -0.2) is 9.97 Å². The number of pyridine rings is 1. The maximum atomic E-state index is 5.79. The minimum Gasteiger partial charge on any atom is -0.375 e. The van der Waals surface area contributed by atoms with Gasteiger partial charge in [0.25, 0.3) is 0 Å². The number of fused-ring (bicyclic) bond motifs is 2. The van der Waals surface area contributed by atoms with E-state index in [0.29, 0.717) is 5.13 Å². The summed E-state index contributed by atoms with van der Waals surface area (Å²) in [6.07, 6.45) is 10.6. The minimum absolute atomic E-state index is 0.599. The molecule has 4 aromatic heterocycles. The van der Waals surface area contributed by atoms with E-state index < -0.39 is 0 Å². The molecule has 0 aliphatic heterocycles. The topological polar surface area (TPSA) is 86.9 Å². The summed E-state index contributed by atoms with van der Waals surface area (Å²) >= 11 is 1.51. The summed E-state index contributed by atoms with van der Waals surface area (Å²) in [6.45, 7) is 4.36. The number of hydrogen-bond donors (Lipinski definition) is 1. The lowest BCUT2D eigenvalue weighted by Crippen LogP contribution is -2.00. The number of benzene rings is 1. The maximum Gasteiger partial charge on any atom is 0.181 e. The Kier molecular flexibility index (Phi) is 5.53. The molecule has 0 bridgehead atoms. The highest BCUT2D eigenvalue weighted by Gasteiger charge is 2.08. The third-order valence-corrected chi connectivity index (χ3v) is 5.43. The van der Waals surface area contributed by atoms with Crippen LogP contribution in [0.4, 0.5) is 5.13 Å². The number of nitrogens with zero attached hydrogens (tertiary/aromatic N) is 6. The Hall–Kier alpha value is -3.26. The number of unbranched alkanes of at least 4 members (excludes halogenated alkanes) is 1. The lowest BCUT2D eigenvalue weighted by atomic mass is 10.1. The van der Waals surface area contributed by atoms with Crippen molar-refractivity contribution < 1.29 is 0 Å². The molecule has 0 atom stereocenters. The third-order valence-electron chi connectivity index (χ3n) is 4.58. The van der Waals surface area contributed by atoms with Crippen molar-refractivity contribution in [3.05, 3.63) is 66.4 Å². The molecule has 0 radical (unpaired) electrons. The molecule has 2 N–H and O–H groups in total. The molecule has 8 heteroatoms. The number of imidazole rings is 1. The third kappa shape index (κ3) is 4.12. The first kappa shape index (κ1) is 19.1. The van der Waals surface area contributed by atoms with Crippen LogP contribution in [0.2, 0.25) is 0 Å². The van der Waals surface area contributed by atoms with Crippen molar-refractivity contribution in [1.82, 2.24) is 29.4 Å². The van der Waals surface area contributed by atoms with Crippen molar-refractivity contribution in [1.29, 1.82) is 0 Å². The predicted octanol–water partition coefficient (Wildman–Crippen LogP) is 4.50. The molecular weight excluding hydrogens is 382 g/mol. The summed E-state index contributed by atoms with van der Waals surface area (Å²) < 4.78 is 3.19. The molecule has 29 heavy (non-hydrogen) atoms. The number of anilines is 1. The number of thiazole rings is 1. The number of nitrogens with two attached hydrogens (primary N) is 1. The van der Waals surface area contributed by atoms with Crippen molar-refractivity contribution in [2.75, 3.05) is 5.73 Å². The molecule has 148 valence electrons. The van der Waals surface area contributed by atoms with Gasteiger partial charge in [0, 0.05) is 30.6 Å². The van der Waals surface area contributed by atoms with Gasteiger partial charge in [0.2, 0.25) is 0 Å². The van der Waals surface area contributed by atoms with Crippen molar-refractivity contribution in [2.45, 2.75) is 33.1 Å². The molecule has 4 heterocycles. The standard InChI is InChI=1S/C17H13N7S.C4H10/c18-17-22-14-2-1-11(8-15(14)25-17)7-13-10-19-16-9-12(3-6-23(13)16)24-20-4-5-21-24;1-3-4-2/h1-6,8-10H,7H2,(H2,18,22);3-4H2,1-2H3. The van der Waals surface area contributed by atoms with Gasteiger partial charge in [-0.15, -0.1) is 0 Å². The van der Waals surface area contributed by atoms with Crippen molar-refractivity contribution in [3.63, 3.8) is 0 Å². The fourth-order valence-corrected chi connectivity index (χ4v) is 3.73. The molecule has 0 saturated carbocycles. The van der Waals surface area contributed by atoms with Crippen LogP contribution in [0.3, 0.4) is 0 Å². The zero-order valence-corrected chi connectivity index (χ0v) is 17.3.